The van der Waals surface area contributed by atoms with E-state index in [1.54, 1.807) is 42.9 Å². The average molecular weight is 451 g/mol. The van der Waals surface area contributed by atoms with Crippen LogP contribution in [0.15, 0.2) is 84.3 Å². The Morgan fingerprint density at radius 2 is 1.78 bits per heavy atom. The normalized spacial score (nSPS) is 11.6. The van der Waals surface area contributed by atoms with Crippen molar-refractivity contribution in [3.8, 4) is 0 Å². The van der Waals surface area contributed by atoms with Gasteiger partial charge in [-0.2, -0.15) is 0 Å². The zero-order chi connectivity index (χ0) is 22.4. The first kappa shape index (κ1) is 21.8. The summed E-state index contributed by atoms with van der Waals surface area (Å²) in [6, 6.07) is 17.8. The molecule has 0 bridgehead atoms. The lowest BCUT2D eigenvalue weighted by Gasteiger charge is -2.12. The van der Waals surface area contributed by atoms with E-state index in [0.29, 0.717) is 37.0 Å². The van der Waals surface area contributed by atoms with Gasteiger partial charge >= 0.3 is 0 Å². The molecule has 4 aromatic rings. The van der Waals surface area contributed by atoms with E-state index in [2.05, 4.69) is 10.3 Å². The van der Waals surface area contributed by atoms with E-state index in [1.807, 2.05) is 41.1 Å². The number of nitrogens with zero attached hydrogens (tertiary/aromatic N) is 3. The molecule has 1 amide bonds. The fourth-order valence-corrected chi connectivity index (χ4v) is 5.36. The number of amides is 1. The molecule has 0 aliphatic rings. The molecule has 0 atom stereocenters. The number of fused-ring (bicyclic) bond motifs is 1. The molecule has 0 saturated carbocycles. The van der Waals surface area contributed by atoms with Gasteiger partial charge in [0.05, 0.1) is 16.7 Å². The molecule has 2 aromatic heterocycles. The molecule has 1 N–H and O–H groups in total. The highest BCUT2D eigenvalue weighted by Gasteiger charge is 2.22. The average Bonchev–Trinajstić information content (AvgIpc) is 3.45. The van der Waals surface area contributed by atoms with Gasteiger partial charge in [-0.1, -0.05) is 36.4 Å². The van der Waals surface area contributed by atoms with Crippen LogP contribution in [0.5, 0.6) is 0 Å². The van der Waals surface area contributed by atoms with Crippen LogP contribution < -0.4 is 5.32 Å². The Morgan fingerprint density at radius 1 is 1.00 bits per heavy atom. The zero-order valence-electron chi connectivity index (χ0n) is 17.7. The van der Waals surface area contributed by atoms with Crippen molar-refractivity contribution in [2.75, 3.05) is 6.54 Å². The summed E-state index contributed by atoms with van der Waals surface area (Å²) in [6.45, 7) is 1.40. The van der Waals surface area contributed by atoms with E-state index in [4.69, 9.17) is 0 Å². The van der Waals surface area contributed by atoms with Gasteiger partial charge in [0.15, 0.2) is 0 Å². The molecule has 0 radical (unpaired) electrons. The smallest absolute Gasteiger partial charge is 0.268 e. The number of benzene rings is 2. The van der Waals surface area contributed by atoms with E-state index >= 15 is 0 Å². The van der Waals surface area contributed by atoms with Crippen LogP contribution in [0.1, 0.15) is 25.0 Å². The maximum Gasteiger partial charge on any atom is 0.268 e. The van der Waals surface area contributed by atoms with E-state index in [-0.39, 0.29) is 10.8 Å². The molecule has 0 spiro atoms. The van der Waals surface area contributed by atoms with E-state index < -0.39 is 10.0 Å². The summed E-state index contributed by atoms with van der Waals surface area (Å²) < 4.78 is 30.1. The van der Waals surface area contributed by atoms with Crippen LogP contribution in [0.25, 0.3) is 10.9 Å². The summed E-state index contributed by atoms with van der Waals surface area (Å²) >= 11 is 0. The van der Waals surface area contributed by atoms with Gasteiger partial charge < -0.3 is 9.88 Å². The molecule has 0 unspecified atom stereocenters. The number of para-hydroxylation sites is 1. The standard InChI is InChI=1S/C24H26N4O3S/c29-24(26-14-7-16-27-17-15-25-19-27)13-6-9-21-18-20-8-4-5-12-23(20)28(21)32(30,31)22-10-2-1-3-11-22/h1-5,8,10-12,15,17-19H,6-7,9,13-14,16H2,(H,26,29). The maximum absolute atomic E-state index is 13.4. The lowest BCUT2D eigenvalue weighted by Crippen LogP contribution is -2.25. The minimum atomic E-state index is -3.73. The SMILES string of the molecule is O=C(CCCc1cc2ccccc2n1S(=O)(=O)c1ccccc1)NCCCn1ccnc1. The van der Waals surface area contributed by atoms with Crippen LogP contribution in [0.3, 0.4) is 0 Å². The Hall–Kier alpha value is -3.39. The number of carbonyl (C=O) groups is 1. The summed E-state index contributed by atoms with van der Waals surface area (Å²) in [5.74, 6) is -0.0239. The highest BCUT2D eigenvalue weighted by atomic mass is 32.2. The van der Waals surface area contributed by atoms with Crippen LogP contribution >= 0.6 is 0 Å². The van der Waals surface area contributed by atoms with Crippen LogP contribution in [0, 0.1) is 0 Å². The van der Waals surface area contributed by atoms with Gasteiger partial charge in [0, 0.05) is 43.0 Å². The fourth-order valence-electron chi connectivity index (χ4n) is 3.77. The molecular formula is C24H26N4O3S. The van der Waals surface area contributed by atoms with Crippen LogP contribution in [0.4, 0.5) is 0 Å². The quantitative estimate of drug-likeness (QED) is 0.374. The number of carbonyl (C=O) groups excluding carboxylic acids is 1. The molecule has 7 nitrogen and oxygen atoms in total. The minimum Gasteiger partial charge on any atom is -0.356 e. The van der Waals surface area contributed by atoms with Crippen molar-refractivity contribution in [1.29, 1.82) is 0 Å². The number of hydrogen-bond acceptors (Lipinski definition) is 4. The van der Waals surface area contributed by atoms with Crippen molar-refractivity contribution in [3.05, 3.63) is 85.1 Å². The van der Waals surface area contributed by atoms with Crippen molar-refractivity contribution in [1.82, 2.24) is 18.8 Å². The third-order valence-electron chi connectivity index (χ3n) is 5.33. The predicted octanol–water partition coefficient (Wildman–Crippen LogP) is 3.60. The molecule has 0 saturated heterocycles. The van der Waals surface area contributed by atoms with Crippen LogP contribution in [-0.4, -0.2) is 34.4 Å². The fraction of sp³-hybridized carbons (Fsp3) is 0.250. The third-order valence-corrected chi connectivity index (χ3v) is 7.11. The number of hydrogen-bond donors (Lipinski definition) is 1. The Balaban J connectivity index is 1.41. The molecule has 2 aromatic carbocycles. The van der Waals surface area contributed by atoms with Crippen LogP contribution in [-0.2, 0) is 27.8 Å². The van der Waals surface area contributed by atoms with Crippen molar-refractivity contribution in [2.24, 2.45) is 0 Å². The summed E-state index contributed by atoms with van der Waals surface area (Å²) in [6.07, 6.45) is 7.60. The Labute approximate surface area is 187 Å². The van der Waals surface area contributed by atoms with Crippen LogP contribution in [0.2, 0.25) is 0 Å². The second-order valence-corrected chi connectivity index (χ2v) is 9.42. The van der Waals surface area contributed by atoms with Gasteiger partial charge in [0.25, 0.3) is 10.0 Å². The molecule has 0 aliphatic heterocycles. The summed E-state index contributed by atoms with van der Waals surface area (Å²) in [4.78, 5) is 16.5. The molecule has 0 fully saturated rings. The van der Waals surface area contributed by atoms with Gasteiger partial charge in [0.2, 0.25) is 5.91 Å². The Bertz CT molecular complexity index is 1280. The molecule has 8 heteroatoms. The Kier molecular flexibility index (Phi) is 6.70. The lowest BCUT2D eigenvalue weighted by molar-refractivity contribution is -0.121. The van der Waals surface area contributed by atoms with E-state index in [0.717, 1.165) is 18.4 Å². The van der Waals surface area contributed by atoms with E-state index in [9.17, 15) is 13.2 Å². The Morgan fingerprint density at radius 3 is 2.56 bits per heavy atom. The second kappa shape index (κ2) is 9.82. The molecule has 32 heavy (non-hydrogen) atoms. The maximum atomic E-state index is 13.4. The predicted molar refractivity (Wildman–Crippen MR) is 124 cm³/mol. The first-order valence-corrected chi connectivity index (χ1v) is 12.1. The first-order chi connectivity index (χ1) is 15.6. The highest BCUT2D eigenvalue weighted by molar-refractivity contribution is 7.90. The van der Waals surface area contributed by atoms with Gasteiger partial charge in [0.1, 0.15) is 0 Å². The van der Waals surface area contributed by atoms with Crippen molar-refractivity contribution in [2.45, 2.75) is 37.1 Å². The molecular weight excluding hydrogens is 424 g/mol. The topological polar surface area (TPSA) is 86.0 Å². The lowest BCUT2D eigenvalue weighted by atomic mass is 10.2. The molecule has 0 aliphatic carbocycles. The highest BCUT2D eigenvalue weighted by Crippen LogP contribution is 2.26. The third kappa shape index (κ3) is 4.91. The van der Waals surface area contributed by atoms with Crippen molar-refractivity contribution < 1.29 is 13.2 Å². The summed E-state index contributed by atoms with van der Waals surface area (Å²) in [7, 11) is -3.73. The number of imidazole rings is 1. The zero-order valence-corrected chi connectivity index (χ0v) is 18.5. The summed E-state index contributed by atoms with van der Waals surface area (Å²) in [5, 5.41) is 3.80. The largest absolute Gasteiger partial charge is 0.356 e. The van der Waals surface area contributed by atoms with Gasteiger partial charge in [-0.3, -0.25) is 4.79 Å². The number of aromatic nitrogens is 3. The molecule has 166 valence electrons. The van der Waals surface area contributed by atoms with Crippen molar-refractivity contribution in [3.63, 3.8) is 0 Å². The monoisotopic (exact) mass is 450 g/mol. The van der Waals surface area contributed by atoms with Gasteiger partial charge in [-0.05, 0) is 43.5 Å². The molecule has 4 rings (SSSR count). The van der Waals surface area contributed by atoms with Gasteiger partial charge in [-0.25, -0.2) is 17.4 Å². The van der Waals surface area contributed by atoms with Crippen molar-refractivity contribution >= 4 is 26.8 Å². The molecule has 2 heterocycles. The number of nitrogens with one attached hydrogen (secondary N) is 1. The number of rotatable bonds is 10. The van der Waals surface area contributed by atoms with Gasteiger partial charge in [-0.15, -0.1) is 0 Å². The first-order valence-electron chi connectivity index (χ1n) is 10.7. The number of aryl methyl sites for hydroxylation is 2. The second-order valence-electron chi connectivity index (χ2n) is 7.63. The minimum absolute atomic E-state index is 0.0239. The summed E-state index contributed by atoms with van der Waals surface area (Å²) in [5.41, 5.74) is 1.33. The van der Waals surface area contributed by atoms with E-state index in [1.165, 1.54) is 3.97 Å².